The Kier molecular flexibility index (Phi) is 4.60. The van der Waals surface area contributed by atoms with Gasteiger partial charge in [-0.15, -0.1) is 0 Å². The van der Waals surface area contributed by atoms with E-state index in [2.05, 4.69) is 18.8 Å². The first-order chi connectivity index (χ1) is 9.45. The van der Waals surface area contributed by atoms with Crippen LogP contribution in [0.4, 0.5) is 0 Å². The molecule has 2 rings (SSSR count). The van der Waals surface area contributed by atoms with Crippen molar-refractivity contribution in [3.8, 4) is 0 Å². The minimum atomic E-state index is -0.454. The fraction of sp³-hybridized carbons (Fsp3) is 0.600. The van der Waals surface area contributed by atoms with E-state index in [0.717, 1.165) is 25.0 Å². The zero-order valence-electron chi connectivity index (χ0n) is 12.1. The molecule has 1 amide bonds. The number of aromatic amines is 1. The molecule has 1 aromatic heterocycles. The average Bonchev–Trinajstić information content (AvgIpc) is 2.36. The van der Waals surface area contributed by atoms with E-state index >= 15 is 0 Å². The van der Waals surface area contributed by atoms with Gasteiger partial charge in [0, 0.05) is 30.4 Å². The van der Waals surface area contributed by atoms with Crippen LogP contribution in [0, 0.1) is 5.92 Å². The van der Waals surface area contributed by atoms with Crippen molar-refractivity contribution < 1.29 is 9.90 Å². The van der Waals surface area contributed by atoms with Crippen molar-refractivity contribution in [1.82, 2.24) is 9.88 Å². The number of rotatable bonds is 3. The summed E-state index contributed by atoms with van der Waals surface area (Å²) in [4.78, 5) is 28.5. The molecule has 5 heteroatoms. The van der Waals surface area contributed by atoms with Crippen molar-refractivity contribution in [3.05, 3.63) is 33.7 Å². The maximum absolute atomic E-state index is 12.4. The van der Waals surface area contributed by atoms with E-state index in [-0.39, 0.29) is 11.5 Å². The lowest BCUT2D eigenvalue weighted by Crippen LogP contribution is -2.42. The van der Waals surface area contributed by atoms with Crippen LogP contribution in [0.2, 0.25) is 0 Å². The SMILES string of the molecule is CC(C)Cc1cc(C(=O)N2CCCC(O)C2)cc(=O)[nH]1. The molecule has 1 aliphatic heterocycles. The second-order valence-electron chi connectivity index (χ2n) is 5.90. The number of carbonyl (C=O) groups excluding carboxylic acids is 1. The normalized spacial score (nSPS) is 19.4. The summed E-state index contributed by atoms with van der Waals surface area (Å²) < 4.78 is 0. The molecule has 1 atom stereocenters. The highest BCUT2D eigenvalue weighted by molar-refractivity contribution is 5.94. The van der Waals surface area contributed by atoms with Crippen molar-refractivity contribution in [1.29, 1.82) is 0 Å². The third-order valence-corrected chi connectivity index (χ3v) is 3.46. The molecule has 1 aromatic rings. The molecule has 5 nitrogen and oxygen atoms in total. The molecule has 0 saturated carbocycles. The lowest BCUT2D eigenvalue weighted by Gasteiger charge is -2.30. The summed E-state index contributed by atoms with van der Waals surface area (Å²) in [5, 5.41) is 9.64. The lowest BCUT2D eigenvalue weighted by molar-refractivity contribution is 0.0473. The van der Waals surface area contributed by atoms with E-state index in [4.69, 9.17) is 0 Å². The minimum absolute atomic E-state index is 0.167. The molecule has 2 heterocycles. The molecule has 0 radical (unpaired) electrons. The first-order valence-electron chi connectivity index (χ1n) is 7.16. The monoisotopic (exact) mass is 278 g/mol. The number of hydrogen-bond donors (Lipinski definition) is 2. The number of nitrogens with zero attached hydrogens (tertiary/aromatic N) is 1. The van der Waals surface area contributed by atoms with Crippen LogP contribution in [0.1, 0.15) is 42.7 Å². The van der Waals surface area contributed by atoms with Gasteiger partial charge in [0.2, 0.25) is 5.56 Å². The first-order valence-corrected chi connectivity index (χ1v) is 7.16. The highest BCUT2D eigenvalue weighted by atomic mass is 16.3. The van der Waals surface area contributed by atoms with Gasteiger partial charge in [0.25, 0.3) is 5.91 Å². The average molecular weight is 278 g/mol. The van der Waals surface area contributed by atoms with Crippen molar-refractivity contribution in [2.45, 2.75) is 39.2 Å². The highest BCUT2D eigenvalue weighted by Crippen LogP contribution is 2.14. The van der Waals surface area contributed by atoms with Gasteiger partial charge in [0.1, 0.15) is 0 Å². The van der Waals surface area contributed by atoms with E-state index in [9.17, 15) is 14.7 Å². The predicted molar refractivity (Wildman–Crippen MR) is 76.7 cm³/mol. The Morgan fingerprint density at radius 3 is 2.90 bits per heavy atom. The standard InChI is InChI=1S/C15H22N2O3/c1-10(2)6-12-7-11(8-14(19)16-12)15(20)17-5-3-4-13(18)9-17/h7-8,10,13,18H,3-6,9H2,1-2H3,(H,16,19). The van der Waals surface area contributed by atoms with E-state index in [0.29, 0.717) is 24.6 Å². The van der Waals surface area contributed by atoms with Crippen LogP contribution < -0.4 is 5.56 Å². The van der Waals surface area contributed by atoms with Gasteiger partial charge in [-0.1, -0.05) is 13.8 Å². The Labute approximate surface area is 118 Å². The molecule has 0 bridgehead atoms. The summed E-state index contributed by atoms with van der Waals surface area (Å²) in [6.45, 7) is 5.12. The fourth-order valence-corrected chi connectivity index (χ4v) is 2.60. The fourth-order valence-electron chi connectivity index (χ4n) is 2.60. The van der Waals surface area contributed by atoms with Crippen LogP contribution in [0.25, 0.3) is 0 Å². The Balaban J connectivity index is 2.20. The van der Waals surface area contributed by atoms with Crippen LogP contribution in [-0.2, 0) is 6.42 Å². The van der Waals surface area contributed by atoms with Gasteiger partial charge in [-0.3, -0.25) is 9.59 Å². The largest absolute Gasteiger partial charge is 0.391 e. The zero-order valence-corrected chi connectivity index (χ0v) is 12.1. The first kappa shape index (κ1) is 14.8. The Morgan fingerprint density at radius 1 is 1.50 bits per heavy atom. The summed E-state index contributed by atoms with van der Waals surface area (Å²) in [7, 11) is 0. The quantitative estimate of drug-likeness (QED) is 0.871. The maximum Gasteiger partial charge on any atom is 0.254 e. The third kappa shape index (κ3) is 3.70. The topological polar surface area (TPSA) is 73.4 Å². The summed E-state index contributed by atoms with van der Waals surface area (Å²) in [6, 6.07) is 3.10. The highest BCUT2D eigenvalue weighted by Gasteiger charge is 2.23. The smallest absolute Gasteiger partial charge is 0.254 e. The number of hydrogen-bond acceptors (Lipinski definition) is 3. The second-order valence-corrected chi connectivity index (χ2v) is 5.90. The number of β-amino-alcohol motifs (C(OH)–C–C–N with tert-alkyl or cyclic N) is 1. The van der Waals surface area contributed by atoms with Crippen molar-refractivity contribution in [2.24, 2.45) is 5.92 Å². The van der Waals surface area contributed by atoms with Crippen LogP contribution >= 0.6 is 0 Å². The van der Waals surface area contributed by atoms with Gasteiger partial charge >= 0.3 is 0 Å². The molecular weight excluding hydrogens is 256 g/mol. The van der Waals surface area contributed by atoms with E-state index in [1.54, 1.807) is 11.0 Å². The van der Waals surface area contributed by atoms with Crippen molar-refractivity contribution in [3.63, 3.8) is 0 Å². The van der Waals surface area contributed by atoms with Crippen LogP contribution in [0.3, 0.4) is 0 Å². The van der Waals surface area contributed by atoms with Gasteiger partial charge in [-0.2, -0.15) is 0 Å². The number of aliphatic hydroxyl groups excluding tert-OH is 1. The lowest BCUT2D eigenvalue weighted by atomic mass is 10.0. The molecule has 20 heavy (non-hydrogen) atoms. The van der Waals surface area contributed by atoms with Crippen LogP contribution in [-0.4, -0.2) is 40.1 Å². The van der Waals surface area contributed by atoms with Crippen molar-refractivity contribution in [2.75, 3.05) is 13.1 Å². The number of nitrogens with one attached hydrogen (secondary N) is 1. The molecule has 1 fully saturated rings. The van der Waals surface area contributed by atoms with Crippen molar-refractivity contribution >= 4 is 5.91 Å². The van der Waals surface area contributed by atoms with E-state index in [1.807, 2.05) is 0 Å². The third-order valence-electron chi connectivity index (χ3n) is 3.46. The van der Waals surface area contributed by atoms with Gasteiger partial charge in [-0.05, 0) is 31.2 Å². The predicted octanol–water partition coefficient (Wildman–Crippen LogP) is 1.17. The molecule has 1 saturated heterocycles. The molecule has 110 valence electrons. The second kappa shape index (κ2) is 6.22. The van der Waals surface area contributed by atoms with Crippen LogP contribution in [0.5, 0.6) is 0 Å². The van der Waals surface area contributed by atoms with Gasteiger partial charge in [0.15, 0.2) is 0 Å². The molecule has 1 aliphatic rings. The number of aromatic nitrogens is 1. The molecule has 1 unspecified atom stereocenters. The van der Waals surface area contributed by atoms with Crippen LogP contribution in [0.15, 0.2) is 16.9 Å². The molecule has 0 aliphatic carbocycles. The summed E-state index contributed by atoms with van der Waals surface area (Å²) in [5.74, 6) is 0.243. The zero-order chi connectivity index (χ0) is 14.7. The molecule has 0 aromatic carbocycles. The van der Waals surface area contributed by atoms with E-state index in [1.165, 1.54) is 6.07 Å². The number of aliphatic hydroxyl groups is 1. The summed E-state index contributed by atoms with van der Waals surface area (Å²) in [5.41, 5.74) is 0.955. The number of carbonyl (C=O) groups is 1. The number of amides is 1. The van der Waals surface area contributed by atoms with Gasteiger partial charge < -0.3 is 15.0 Å². The molecular formula is C15H22N2O3. The van der Waals surface area contributed by atoms with Gasteiger partial charge in [-0.25, -0.2) is 0 Å². The Hall–Kier alpha value is -1.62. The molecule has 0 spiro atoms. The minimum Gasteiger partial charge on any atom is -0.391 e. The van der Waals surface area contributed by atoms with E-state index < -0.39 is 6.10 Å². The molecule has 2 N–H and O–H groups in total. The number of H-pyrrole nitrogens is 1. The number of pyridine rings is 1. The Bertz CT molecular complexity index is 536. The summed E-state index contributed by atoms with van der Waals surface area (Å²) >= 11 is 0. The number of piperidine rings is 1. The maximum atomic E-state index is 12.4. The Morgan fingerprint density at radius 2 is 2.25 bits per heavy atom. The number of likely N-dealkylation sites (tertiary alicyclic amines) is 1. The summed E-state index contributed by atoms with van der Waals surface area (Å²) in [6.07, 6.45) is 1.82. The van der Waals surface area contributed by atoms with Gasteiger partial charge in [0.05, 0.1) is 6.10 Å².